The Hall–Kier alpha value is -4.18. The van der Waals surface area contributed by atoms with E-state index in [1.54, 1.807) is 37.7 Å². The van der Waals surface area contributed by atoms with Gasteiger partial charge in [-0.25, -0.2) is 0 Å². The van der Waals surface area contributed by atoms with E-state index in [-0.39, 0.29) is 11.9 Å². The number of hydrogen-bond donors (Lipinski definition) is 1. The van der Waals surface area contributed by atoms with Crippen molar-refractivity contribution in [2.75, 3.05) is 7.11 Å². The van der Waals surface area contributed by atoms with Gasteiger partial charge < -0.3 is 15.0 Å². The van der Waals surface area contributed by atoms with Crippen LogP contribution in [0.4, 0.5) is 0 Å². The van der Waals surface area contributed by atoms with E-state index in [1.807, 2.05) is 47.4 Å². The summed E-state index contributed by atoms with van der Waals surface area (Å²) in [4.78, 5) is 14.2. The topological polar surface area (TPSA) is 91.1 Å². The van der Waals surface area contributed by atoms with Crippen molar-refractivity contribution in [3.63, 3.8) is 0 Å². The zero-order valence-electron chi connectivity index (χ0n) is 16.3. The smallest absolute Gasteiger partial charge is 0.247 e. The highest BCUT2D eigenvalue weighted by molar-refractivity contribution is 5.88. The highest BCUT2D eigenvalue weighted by Gasteiger charge is 2.32. The molecule has 0 saturated carbocycles. The molecule has 4 rings (SSSR count). The number of methoxy groups -OCH3 is 1. The van der Waals surface area contributed by atoms with Crippen molar-refractivity contribution in [3.05, 3.63) is 102 Å². The molecule has 2 heterocycles. The number of hydrogen-bond acceptors (Lipinski definition) is 6. The maximum Gasteiger partial charge on any atom is 0.247 e. The average molecular weight is 397 g/mol. The van der Waals surface area contributed by atoms with E-state index in [4.69, 9.17) is 10.00 Å². The highest BCUT2D eigenvalue weighted by Crippen LogP contribution is 2.36. The Labute approximate surface area is 174 Å². The molecule has 1 aliphatic heterocycles. The fourth-order valence-corrected chi connectivity index (χ4v) is 3.48. The Kier molecular flexibility index (Phi) is 5.39. The van der Waals surface area contributed by atoms with Crippen LogP contribution >= 0.6 is 0 Å². The predicted molar refractivity (Wildman–Crippen MR) is 110 cm³/mol. The Bertz CT molecular complexity index is 1090. The largest absolute Gasteiger partial charge is 0.497 e. The van der Waals surface area contributed by atoms with Gasteiger partial charge in [0.25, 0.3) is 0 Å². The highest BCUT2D eigenvalue weighted by atomic mass is 16.5. The second-order valence-electron chi connectivity index (χ2n) is 6.73. The van der Waals surface area contributed by atoms with Crippen LogP contribution in [-0.2, 0) is 4.79 Å². The SMILES string of the molecule is COc1ccc(C(c2ccc(C#N)cc2)N2C=CC(=O)NC2c2cccnn2)cc1. The van der Waals surface area contributed by atoms with Gasteiger partial charge in [-0.15, -0.1) is 0 Å². The molecule has 1 aromatic heterocycles. The van der Waals surface area contributed by atoms with Gasteiger partial charge in [0.05, 0.1) is 24.8 Å². The van der Waals surface area contributed by atoms with Gasteiger partial charge in [-0.05, 0) is 47.5 Å². The molecule has 2 unspecified atom stereocenters. The van der Waals surface area contributed by atoms with Gasteiger partial charge in [-0.1, -0.05) is 24.3 Å². The van der Waals surface area contributed by atoms with Crippen LogP contribution < -0.4 is 10.1 Å². The number of nitrogens with zero attached hydrogens (tertiary/aromatic N) is 4. The molecule has 0 bridgehead atoms. The fraction of sp³-hybridized carbons (Fsp3) is 0.130. The lowest BCUT2D eigenvalue weighted by molar-refractivity contribution is -0.119. The Balaban J connectivity index is 1.83. The number of benzene rings is 2. The van der Waals surface area contributed by atoms with Crippen molar-refractivity contribution in [1.29, 1.82) is 5.26 Å². The molecule has 0 saturated heterocycles. The summed E-state index contributed by atoms with van der Waals surface area (Å²) >= 11 is 0. The van der Waals surface area contributed by atoms with Crippen LogP contribution in [-0.4, -0.2) is 28.1 Å². The van der Waals surface area contributed by atoms with Crippen molar-refractivity contribution >= 4 is 5.91 Å². The van der Waals surface area contributed by atoms with Crippen molar-refractivity contribution in [2.24, 2.45) is 0 Å². The first-order valence-electron chi connectivity index (χ1n) is 9.37. The third-order valence-electron chi connectivity index (χ3n) is 4.93. The van der Waals surface area contributed by atoms with Crippen molar-refractivity contribution in [1.82, 2.24) is 20.4 Å². The molecule has 1 N–H and O–H groups in total. The molecule has 2 aromatic carbocycles. The normalized spacial score (nSPS) is 16.5. The number of rotatable bonds is 5. The summed E-state index contributed by atoms with van der Waals surface area (Å²) in [5.41, 5.74) is 3.17. The predicted octanol–water partition coefficient (Wildman–Crippen LogP) is 3.09. The monoisotopic (exact) mass is 397 g/mol. The molecule has 1 amide bonds. The maximum atomic E-state index is 12.1. The molecular weight excluding hydrogens is 378 g/mol. The molecule has 0 spiro atoms. The lowest BCUT2D eigenvalue weighted by atomic mass is 9.95. The summed E-state index contributed by atoms with van der Waals surface area (Å²) in [5, 5.41) is 20.3. The molecule has 3 aromatic rings. The first kappa shape index (κ1) is 19.2. The molecule has 0 fully saturated rings. The Morgan fingerprint density at radius 2 is 1.80 bits per heavy atom. The summed E-state index contributed by atoms with van der Waals surface area (Å²) in [5.74, 6) is 0.556. The zero-order chi connectivity index (χ0) is 20.9. The third-order valence-corrected chi connectivity index (χ3v) is 4.93. The first-order chi connectivity index (χ1) is 14.7. The number of carbonyl (C=O) groups is 1. The molecule has 0 radical (unpaired) electrons. The van der Waals surface area contributed by atoms with E-state index in [0.717, 1.165) is 16.9 Å². The molecule has 1 aliphatic rings. The van der Waals surface area contributed by atoms with E-state index in [1.165, 1.54) is 6.08 Å². The number of nitriles is 1. The Morgan fingerprint density at radius 1 is 1.10 bits per heavy atom. The van der Waals surface area contributed by atoms with Crippen LogP contribution in [0.2, 0.25) is 0 Å². The maximum absolute atomic E-state index is 12.1. The molecule has 2 atom stereocenters. The van der Waals surface area contributed by atoms with Crippen LogP contribution in [0.5, 0.6) is 5.75 Å². The number of carbonyl (C=O) groups excluding carboxylic acids is 1. The fourth-order valence-electron chi connectivity index (χ4n) is 3.48. The van der Waals surface area contributed by atoms with Gasteiger partial charge >= 0.3 is 0 Å². The van der Waals surface area contributed by atoms with Gasteiger partial charge in [0.15, 0.2) is 0 Å². The molecule has 0 aliphatic carbocycles. The number of amides is 1. The zero-order valence-corrected chi connectivity index (χ0v) is 16.3. The van der Waals surface area contributed by atoms with Gasteiger partial charge in [-0.3, -0.25) is 4.79 Å². The molecule has 7 nitrogen and oxygen atoms in total. The van der Waals surface area contributed by atoms with E-state index >= 15 is 0 Å². The molecule has 30 heavy (non-hydrogen) atoms. The van der Waals surface area contributed by atoms with Crippen LogP contribution in [0.1, 0.15) is 34.6 Å². The number of aromatic nitrogens is 2. The lowest BCUT2D eigenvalue weighted by Gasteiger charge is -2.39. The van der Waals surface area contributed by atoms with Crippen LogP contribution in [0.3, 0.4) is 0 Å². The summed E-state index contributed by atoms with van der Waals surface area (Å²) in [7, 11) is 1.63. The summed E-state index contributed by atoms with van der Waals surface area (Å²) < 4.78 is 5.30. The van der Waals surface area contributed by atoms with Gasteiger partial charge in [0.1, 0.15) is 17.6 Å². The quantitative estimate of drug-likeness (QED) is 0.711. The van der Waals surface area contributed by atoms with Crippen LogP contribution in [0, 0.1) is 11.3 Å². The van der Waals surface area contributed by atoms with Crippen LogP contribution in [0.15, 0.2) is 79.1 Å². The first-order valence-corrected chi connectivity index (χ1v) is 9.37. The Morgan fingerprint density at radius 3 is 2.40 bits per heavy atom. The summed E-state index contributed by atoms with van der Waals surface area (Å²) in [6.45, 7) is 0. The third kappa shape index (κ3) is 3.84. The molecular formula is C23H19N5O2. The average Bonchev–Trinajstić information content (AvgIpc) is 2.81. The standard InChI is InChI=1S/C23H19N5O2/c1-30-19-10-8-18(9-11-19)22(17-6-4-16(15-24)5-7-17)28-14-12-21(29)26-23(28)20-3-2-13-25-27-20/h2-14,22-23H,1H3,(H,26,29). The lowest BCUT2D eigenvalue weighted by Crippen LogP contribution is -2.44. The van der Waals surface area contributed by atoms with Gasteiger partial charge in [-0.2, -0.15) is 15.5 Å². The van der Waals surface area contributed by atoms with E-state index in [2.05, 4.69) is 21.6 Å². The number of nitrogens with one attached hydrogen (secondary N) is 1. The second-order valence-corrected chi connectivity index (χ2v) is 6.73. The minimum absolute atomic E-state index is 0.199. The van der Waals surface area contributed by atoms with Crippen LogP contribution in [0.25, 0.3) is 0 Å². The van der Waals surface area contributed by atoms with E-state index in [9.17, 15) is 4.79 Å². The van der Waals surface area contributed by atoms with E-state index < -0.39 is 6.17 Å². The van der Waals surface area contributed by atoms with Gasteiger partial charge in [0, 0.05) is 18.5 Å². The summed E-state index contributed by atoms with van der Waals surface area (Å²) in [6, 6.07) is 20.7. The second kappa shape index (κ2) is 8.45. The van der Waals surface area contributed by atoms with Crippen molar-refractivity contribution < 1.29 is 9.53 Å². The minimum atomic E-state index is -0.501. The minimum Gasteiger partial charge on any atom is -0.497 e. The molecule has 148 valence electrons. The summed E-state index contributed by atoms with van der Waals surface area (Å²) in [6.07, 6.45) is 4.35. The van der Waals surface area contributed by atoms with E-state index in [0.29, 0.717) is 11.3 Å². The molecule has 7 heteroatoms. The van der Waals surface area contributed by atoms with Crippen molar-refractivity contribution in [2.45, 2.75) is 12.2 Å². The van der Waals surface area contributed by atoms with Crippen molar-refractivity contribution in [3.8, 4) is 11.8 Å². The van der Waals surface area contributed by atoms with Gasteiger partial charge in [0.2, 0.25) is 5.91 Å². The number of ether oxygens (including phenoxy) is 1.